The van der Waals surface area contributed by atoms with E-state index in [1.165, 1.54) is 6.08 Å². The SMILES string of the molecule is C=CC(=O)N1CCN(CCNc2cc(-c3cc(Cl)ccc3Cl)c(Cl)cc2OC)CC1. The van der Waals surface area contributed by atoms with Gasteiger partial charge >= 0.3 is 0 Å². The largest absolute Gasteiger partial charge is 0.495 e. The third kappa shape index (κ3) is 5.41. The van der Waals surface area contributed by atoms with Gasteiger partial charge in [-0.3, -0.25) is 9.69 Å². The summed E-state index contributed by atoms with van der Waals surface area (Å²) in [5, 5.41) is 5.12. The molecule has 0 unspecified atom stereocenters. The Hall–Kier alpha value is -1.92. The fourth-order valence-electron chi connectivity index (χ4n) is 3.44. The average molecular weight is 469 g/mol. The second kappa shape index (κ2) is 10.4. The van der Waals surface area contributed by atoms with Gasteiger partial charge in [-0.1, -0.05) is 41.4 Å². The number of anilines is 1. The van der Waals surface area contributed by atoms with Crippen molar-refractivity contribution in [2.24, 2.45) is 0 Å². The number of halogens is 3. The molecule has 1 fully saturated rings. The molecule has 8 heteroatoms. The standard InChI is InChI=1S/C22H24Cl3N3O2/c1-3-22(29)28-10-8-27(9-11-28)7-6-26-20-13-17(19(25)14-21(20)30-2)16-12-15(23)4-5-18(16)24/h3-5,12-14,26H,1,6-11H2,2H3. The molecule has 5 nitrogen and oxygen atoms in total. The number of rotatable bonds is 7. The van der Waals surface area contributed by atoms with Gasteiger partial charge in [0.2, 0.25) is 5.91 Å². The molecule has 30 heavy (non-hydrogen) atoms. The molecule has 1 aliphatic heterocycles. The van der Waals surface area contributed by atoms with Gasteiger partial charge in [0.25, 0.3) is 0 Å². The summed E-state index contributed by atoms with van der Waals surface area (Å²) in [5.74, 6) is 0.647. The lowest BCUT2D eigenvalue weighted by atomic mass is 10.0. The number of carbonyl (C=O) groups is 1. The second-order valence-corrected chi connectivity index (χ2v) is 8.21. The Balaban J connectivity index is 1.68. The van der Waals surface area contributed by atoms with Gasteiger partial charge in [-0.2, -0.15) is 0 Å². The highest BCUT2D eigenvalue weighted by molar-refractivity contribution is 6.37. The predicted octanol–water partition coefficient (Wildman–Crippen LogP) is 5.06. The van der Waals surface area contributed by atoms with Crippen LogP contribution in [0.4, 0.5) is 5.69 Å². The number of hydrogen-bond donors (Lipinski definition) is 1. The minimum Gasteiger partial charge on any atom is -0.495 e. The first-order valence-electron chi connectivity index (χ1n) is 9.63. The average Bonchev–Trinajstić information content (AvgIpc) is 2.76. The molecule has 0 saturated carbocycles. The molecule has 0 aromatic heterocycles. The number of carbonyl (C=O) groups excluding carboxylic acids is 1. The summed E-state index contributed by atoms with van der Waals surface area (Å²) in [6.07, 6.45) is 1.37. The van der Waals surface area contributed by atoms with Gasteiger partial charge in [0, 0.05) is 66.5 Å². The molecule has 0 spiro atoms. The zero-order chi connectivity index (χ0) is 21.7. The van der Waals surface area contributed by atoms with Crippen LogP contribution in [-0.2, 0) is 4.79 Å². The minimum atomic E-state index is -0.00844. The van der Waals surface area contributed by atoms with E-state index in [0.717, 1.165) is 43.0 Å². The van der Waals surface area contributed by atoms with Crippen molar-refractivity contribution in [3.05, 3.63) is 58.1 Å². The minimum absolute atomic E-state index is 0.00844. The molecule has 1 heterocycles. The third-order valence-electron chi connectivity index (χ3n) is 5.11. The van der Waals surface area contributed by atoms with Crippen LogP contribution in [0.2, 0.25) is 15.1 Å². The third-order valence-corrected chi connectivity index (χ3v) is 5.99. The summed E-state index contributed by atoms with van der Waals surface area (Å²) in [7, 11) is 1.61. The molecule has 0 atom stereocenters. The van der Waals surface area contributed by atoms with E-state index in [0.29, 0.717) is 33.9 Å². The smallest absolute Gasteiger partial charge is 0.246 e. The number of piperazine rings is 1. The predicted molar refractivity (Wildman–Crippen MR) is 125 cm³/mol. The van der Waals surface area contributed by atoms with Crippen LogP contribution in [0.1, 0.15) is 0 Å². The maximum atomic E-state index is 11.7. The maximum Gasteiger partial charge on any atom is 0.246 e. The zero-order valence-corrected chi connectivity index (χ0v) is 19.0. The van der Waals surface area contributed by atoms with Gasteiger partial charge in [0.1, 0.15) is 5.75 Å². The van der Waals surface area contributed by atoms with E-state index in [1.807, 2.05) is 11.0 Å². The van der Waals surface area contributed by atoms with Crippen molar-refractivity contribution in [2.45, 2.75) is 0 Å². The van der Waals surface area contributed by atoms with Crippen molar-refractivity contribution in [1.29, 1.82) is 0 Å². The number of methoxy groups -OCH3 is 1. The first kappa shape index (κ1) is 22.8. The summed E-state index contributed by atoms with van der Waals surface area (Å²) in [5.41, 5.74) is 2.38. The highest BCUT2D eigenvalue weighted by Gasteiger charge is 2.19. The Kier molecular flexibility index (Phi) is 7.89. The summed E-state index contributed by atoms with van der Waals surface area (Å²) in [6, 6.07) is 9.00. The number of hydrogen-bond acceptors (Lipinski definition) is 4. The summed E-state index contributed by atoms with van der Waals surface area (Å²) < 4.78 is 5.49. The van der Waals surface area contributed by atoms with Gasteiger partial charge in [0.15, 0.2) is 0 Å². The molecule has 160 valence electrons. The van der Waals surface area contributed by atoms with E-state index < -0.39 is 0 Å². The van der Waals surface area contributed by atoms with Crippen LogP contribution in [0.15, 0.2) is 43.0 Å². The molecule has 0 radical (unpaired) electrons. The molecule has 3 rings (SSSR count). The molecule has 2 aromatic rings. The number of nitrogens with zero attached hydrogens (tertiary/aromatic N) is 2. The molecule has 1 N–H and O–H groups in total. The Labute approximate surface area is 192 Å². The van der Waals surface area contributed by atoms with Crippen molar-refractivity contribution >= 4 is 46.4 Å². The highest BCUT2D eigenvalue weighted by Crippen LogP contribution is 2.40. The Morgan fingerprint density at radius 1 is 1.10 bits per heavy atom. The first-order valence-corrected chi connectivity index (χ1v) is 10.8. The normalized spacial score (nSPS) is 14.5. The van der Waals surface area contributed by atoms with Gasteiger partial charge < -0.3 is 15.0 Å². The van der Waals surface area contributed by atoms with Crippen molar-refractivity contribution in [2.75, 3.05) is 51.7 Å². The fourth-order valence-corrected chi connectivity index (χ4v) is 4.09. The molecular weight excluding hydrogens is 445 g/mol. The van der Waals surface area contributed by atoms with Crippen LogP contribution in [-0.4, -0.2) is 62.1 Å². The molecule has 2 aromatic carbocycles. The van der Waals surface area contributed by atoms with Crippen molar-refractivity contribution in [1.82, 2.24) is 9.80 Å². The number of ether oxygens (including phenoxy) is 1. The van der Waals surface area contributed by atoms with Crippen LogP contribution < -0.4 is 10.1 Å². The first-order chi connectivity index (χ1) is 14.4. The monoisotopic (exact) mass is 467 g/mol. The Morgan fingerprint density at radius 3 is 2.47 bits per heavy atom. The van der Waals surface area contributed by atoms with Crippen molar-refractivity contribution in [3.63, 3.8) is 0 Å². The van der Waals surface area contributed by atoms with E-state index in [9.17, 15) is 4.79 Å². The molecule has 1 saturated heterocycles. The summed E-state index contributed by atoms with van der Waals surface area (Å²) >= 11 is 19.0. The number of nitrogens with one attached hydrogen (secondary N) is 1. The molecule has 1 amide bonds. The number of benzene rings is 2. The van der Waals surface area contributed by atoms with Crippen LogP contribution in [0, 0.1) is 0 Å². The van der Waals surface area contributed by atoms with Gasteiger partial charge in [0.05, 0.1) is 17.8 Å². The highest BCUT2D eigenvalue weighted by atomic mass is 35.5. The van der Waals surface area contributed by atoms with Gasteiger partial charge in [-0.25, -0.2) is 0 Å². The van der Waals surface area contributed by atoms with Crippen LogP contribution in [0.5, 0.6) is 5.75 Å². The van der Waals surface area contributed by atoms with E-state index >= 15 is 0 Å². The van der Waals surface area contributed by atoms with E-state index in [2.05, 4.69) is 16.8 Å². The van der Waals surface area contributed by atoms with Gasteiger partial charge in [-0.15, -0.1) is 0 Å². The van der Waals surface area contributed by atoms with Crippen LogP contribution in [0.25, 0.3) is 11.1 Å². The van der Waals surface area contributed by atoms with Gasteiger partial charge in [-0.05, 0) is 30.3 Å². The summed E-state index contributed by atoms with van der Waals surface area (Å²) in [4.78, 5) is 15.8. The van der Waals surface area contributed by atoms with E-state index in [-0.39, 0.29) is 5.91 Å². The lowest BCUT2D eigenvalue weighted by Crippen LogP contribution is -2.49. The maximum absolute atomic E-state index is 11.7. The zero-order valence-electron chi connectivity index (χ0n) is 16.8. The topological polar surface area (TPSA) is 44.8 Å². The Morgan fingerprint density at radius 2 is 1.80 bits per heavy atom. The van der Waals surface area contributed by atoms with Crippen LogP contribution in [0.3, 0.4) is 0 Å². The van der Waals surface area contributed by atoms with Crippen LogP contribution >= 0.6 is 34.8 Å². The summed E-state index contributed by atoms with van der Waals surface area (Å²) in [6.45, 7) is 8.21. The Bertz CT molecular complexity index is 928. The van der Waals surface area contributed by atoms with E-state index in [4.69, 9.17) is 39.5 Å². The number of amides is 1. The molecule has 0 aliphatic carbocycles. The second-order valence-electron chi connectivity index (χ2n) is 6.95. The molecule has 0 bridgehead atoms. The quantitative estimate of drug-likeness (QED) is 0.577. The van der Waals surface area contributed by atoms with E-state index in [1.54, 1.807) is 31.4 Å². The van der Waals surface area contributed by atoms with Crippen molar-refractivity contribution in [3.8, 4) is 16.9 Å². The molecule has 1 aliphatic rings. The van der Waals surface area contributed by atoms with Crippen molar-refractivity contribution < 1.29 is 9.53 Å². The lowest BCUT2D eigenvalue weighted by molar-refractivity contribution is -0.127. The fraction of sp³-hybridized carbons (Fsp3) is 0.318. The lowest BCUT2D eigenvalue weighted by Gasteiger charge is -2.34. The molecular formula is C22H24Cl3N3O2.